The van der Waals surface area contributed by atoms with E-state index in [0.717, 1.165) is 0 Å². The van der Waals surface area contributed by atoms with Gasteiger partial charge < -0.3 is 14.6 Å². The Morgan fingerprint density at radius 3 is 2.41 bits per heavy atom. The van der Waals surface area contributed by atoms with Gasteiger partial charge in [0.1, 0.15) is 0 Å². The van der Waals surface area contributed by atoms with E-state index < -0.39 is 11.6 Å². The predicted octanol–water partition coefficient (Wildman–Crippen LogP) is 1.47. The zero-order valence-corrected chi connectivity index (χ0v) is 10.2. The van der Waals surface area contributed by atoms with Crippen LogP contribution in [0.3, 0.4) is 0 Å². The fourth-order valence-electron chi connectivity index (χ4n) is 1.47. The second-order valence-corrected chi connectivity index (χ2v) is 3.58. The molecule has 17 heavy (non-hydrogen) atoms. The van der Waals surface area contributed by atoms with Gasteiger partial charge in [0.05, 0.1) is 13.2 Å². The third-order valence-electron chi connectivity index (χ3n) is 2.38. The van der Waals surface area contributed by atoms with Gasteiger partial charge in [-0.15, -0.1) is 0 Å². The molecule has 0 aliphatic carbocycles. The molecule has 4 heteroatoms. The smallest absolute Gasteiger partial charge is 0.345 e. The standard InChI is InChI=1S/C13H18O4/c1-3-16-10-13(15,12(14)17-4-2)11-8-6-5-7-9-11/h5-9,15H,3-4,10H2,1-2H3/t13-/m0/s1. The number of carbonyl (C=O) groups excluding carboxylic acids is 1. The molecule has 0 aliphatic rings. The fourth-order valence-corrected chi connectivity index (χ4v) is 1.47. The maximum atomic E-state index is 11.8. The highest BCUT2D eigenvalue weighted by Crippen LogP contribution is 2.23. The maximum Gasteiger partial charge on any atom is 0.345 e. The molecular formula is C13H18O4. The Kier molecular flexibility index (Phi) is 5.12. The Bertz CT molecular complexity index is 350. The zero-order chi connectivity index (χ0) is 12.7. The quantitative estimate of drug-likeness (QED) is 0.763. The minimum atomic E-state index is -1.73. The van der Waals surface area contributed by atoms with E-state index in [0.29, 0.717) is 12.2 Å². The van der Waals surface area contributed by atoms with Gasteiger partial charge in [-0.05, 0) is 19.4 Å². The first-order valence-corrected chi connectivity index (χ1v) is 5.68. The monoisotopic (exact) mass is 238 g/mol. The van der Waals surface area contributed by atoms with Crippen LogP contribution in [0.4, 0.5) is 0 Å². The van der Waals surface area contributed by atoms with Crippen LogP contribution in [-0.4, -0.2) is 30.9 Å². The summed E-state index contributed by atoms with van der Waals surface area (Å²) in [5, 5.41) is 10.4. The van der Waals surface area contributed by atoms with E-state index in [1.165, 1.54) is 0 Å². The van der Waals surface area contributed by atoms with Crippen LogP contribution in [0.5, 0.6) is 0 Å². The van der Waals surface area contributed by atoms with Crippen LogP contribution in [0, 0.1) is 0 Å². The molecule has 4 nitrogen and oxygen atoms in total. The lowest BCUT2D eigenvalue weighted by Gasteiger charge is -2.25. The van der Waals surface area contributed by atoms with Crippen LogP contribution < -0.4 is 0 Å². The average Bonchev–Trinajstić information content (AvgIpc) is 2.37. The lowest BCUT2D eigenvalue weighted by atomic mass is 9.95. The number of benzene rings is 1. The van der Waals surface area contributed by atoms with Gasteiger partial charge in [-0.3, -0.25) is 0 Å². The summed E-state index contributed by atoms with van der Waals surface area (Å²) in [5.74, 6) is -0.681. The molecule has 0 saturated carbocycles. The highest BCUT2D eigenvalue weighted by atomic mass is 16.6. The van der Waals surface area contributed by atoms with Gasteiger partial charge in [0.2, 0.25) is 5.60 Å². The summed E-state index contributed by atoms with van der Waals surface area (Å²) in [6.07, 6.45) is 0. The van der Waals surface area contributed by atoms with Crippen molar-refractivity contribution in [3.8, 4) is 0 Å². The van der Waals surface area contributed by atoms with Crippen LogP contribution in [0.25, 0.3) is 0 Å². The van der Waals surface area contributed by atoms with Gasteiger partial charge >= 0.3 is 5.97 Å². The van der Waals surface area contributed by atoms with Gasteiger partial charge in [0.25, 0.3) is 0 Å². The topological polar surface area (TPSA) is 55.8 Å². The summed E-state index contributed by atoms with van der Waals surface area (Å²) < 4.78 is 10.1. The van der Waals surface area contributed by atoms with Crippen molar-refractivity contribution < 1.29 is 19.4 Å². The SMILES string of the molecule is CCOC[C@@](O)(C(=O)OCC)c1ccccc1. The molecule has 0 radical (unpaired) electrons. The van der Waals surface area contributed by atoms with Crippen molar-refractivity contribution in [3.05, 3.63) is 35.9 Å². The molecule has 1 N–H and O–H groups in total. The lowest BCUT2D eigenvalue weighted by molar-refractivity contribution is -0.173. The third-order valence-corrected chi connectivity index (χ3v) is 2.38. The van der Waals surface area contributed by atoms with Crippen molar-refractivity contribution in [1.29, 1.82) is 0 Å². The molecule has 0 heterocycles. The van der Waals surface area contributed by atoms with Crippen molar-refractivity contribution in [2.24, 2.45) is 0 Å². The van der Waals surface area contributed by atoms with Gasteiger partial charge in [-0.25, -0.2) is 4.79 Å². The Hall–Kier alpha value is -1.39. The summed E-state index contributed by atoms with van der Waals surface area (Å²) in [5.41, 5.74) is -1.25. The first-order chi connectivity index (χ1) is 8.15. The molecule has 1 atom stereocenters. The minimum Gasteiger partial charge on any atom is -0.464 e. The number of esters is 1. The van der Waals surface area contributed by atoms with Gasteiger partial charge in [-0.1, -0.05) is 30.3 Å². The Morgan fingerprint density at radius 2 is 1.88 bits per heavy atom. The largest absolute Gasteiger partial charge is 0.464 e. The molecule has 94 valence electrons. The van der Waals surface area contributed by atoms with Crippen LogP contribution in [0.1, 0.15) is 19.4 Å². The molecule has 0 aliphatic heterocycles. The van der Waals surface area contributed by atoms with Crippen molar-refractivity contribution in [2.75, 3.05) is 19.8 Å². The molecule has 1 rings (SSSR count). The van der Waals surface area contributed by atoms with Crippen LogP contribution in [-0.2, 0) is 19.9 Å². The Balaban J connectivity index is 2.97. The summed E-state index contributed by atoms with van der Waals surface area (Å²) >= 11 is 0. The Morgan fingerprint density at radius 1 is 1.24 bits per heavy atom. The third kappa shape index (κ3) is 3.28. The number of carbonyl (C=O) groups is 1. The second-order valence-electron chi connectivity index (χ2n) is 3.58. The minimum absolute atomic E-state index is 0.105. The highest BCUT2D eigenvalue weighted by Gasteiger charge is 2.39. The molecule has 1 aromatic rings. The second kappa shape index (κ2) is 6.37. The number of hydrogen-bond acceptors (Lipinski definition) is 4. The summed E-state index contributed by atoms with van der Waals surface area (Å²) in [6.45, 7) is 4.04. The molecular weight excluding hydrogens is 220 g/mol. The summed E-state index contributed by atoms with van der Waals surface area (Å²) in [4.78, 5) is 11.8. The van der Waals surface area contributed by atoms with Gasteiger partial charge in [0, 0.05) is 6.61 Å². The number of aliphatic hydroxyl groups is 1. The Labute approximate surface area is 101 Å². The predicted molar refractivity (Wildman–Crippen MR) is 63.5 cm³/mol. The number of ether oxygens (including phenoxy) is 2. The van der Waals surface area contributed by atoms with Crippen molar-refractivity contribution in [3.63, 3.8) is 0 Å². The molecule has 0 spiro atoms. The molecule has 0 amide bonds. The summed E-state index contributed by atoms with van der Waals surface area (Å²) in [7, 11) is 0. The van der Waals surface area contributed by atoms with E-state index in [4.69, 9.17) is 9.47 Å². The van der Waals surface area contributed by atoms with E-state index in [9.17, 15) is 9.90 Å². The van der Waals surface area contributed by atoms with Crippen molar-refractivity contribution in [2.45, 2.75) is 19.4 Å². The molecule has 0 saturated heterocycles. The normalized spacial score (nSPS) is 14.1. The van der Waals surface area contributed by atoms with Gasteiger partial charge in [-0.2, -0.15) is 0 Å². The van der Waals surface area contributed by atoms with E-state index in [2.05, 4.69) is 0 Å². The van der Waals surface area contributed by atoms with Crippen LogP contribution in [0.15, 0.2) is 30.3 Å². The molecule has 0 fully saturated rings. The van der Waals surface area contributed by atoms with Crippen LogP contribution in [0.2, 0.25) is 0 Å². The van der Waals surface area contributed by atoms with Gasteiger partial charge in [0.15, 0.2) is 0 Å². The number of hydrogen-bond donors (Lipinski definition) is 1. The highest BCUT2D eigenvalue weighted by molar-refractivity contribution is 5.81. The zero-order valence-electron chi connectivity index (χ0n) is 10.2. The number of rotatable bonds is 6. The molecule has 1 aromatic carbocycles. The fraction of sp³-hybridized carbons (Fsp3) is 0.462. The molecule has 0 aromatic heterocycles. The van der Waals surface area contributed by atoms with Crippen molar-refractivity contribution >= 4 is 5.97 Å². The first-order valence-electron chi connectivity index (χ1n) is 5.68. The lowest BCUT2D eigenvalue weighted by Crippen LogP contribution is -2.41. The van der Waals surface area contributed by atoms with E-state index in [1.54, 1.807) is 38.1 Å². The first kappa shape index (κ1) is 13.7. The molecule has 0 unspecified atom stereocenters. The van der Waals surface area contributed by atoms with Crippen LogP contribution >= 0.6 is 0 Å². The van der Waals surface area contributed by atoms with E-state index in [-0.39, 0.29) is 13.2 Å². The molecule has 0 bridgehead atoms. The maximum absolute atomic E-state index is 11.8. The van der Waals surface area contributed by atoms with E-state index >= 15 is 0 Å². The summed E-state index contributed by atoms with van der Waals surface area (Å²) in [6, 6.07) is 8.68. The van der Waals surface area contributed by atoms with E-state index in [1.807, 2.05) is 6.07 Å². The average molecular weight is 238 g/mol. The van der Waals surface area contributed by atoms with Crippen molar-refractivity contribution in [1.82, 2.24) is 0 Å².